The Morgan fingerprint density at radius 1 is 1.46 bits per heavy atom. The highest BCUT2D eigenvalue weighted by Crippen LogP contribution is 2.34. The molecule has 0 spiro atoms. The summed E-state index contributed by atoms with van der Waals surface area (Å²) in [7, 11) is 0. The Kier molecular flexibility index (Phi) is 1.81. The van der Waals surface area contributed by atoms with Crippen molar-refractivity contribution < 1.29 is 9.72 Å². The Morgan fingerprint density at radius 2 is 2.23 bits per heavy atom. The van der Waals surface area contributed by atoms with E-state index < -0.39 is 4.92 Å². The van der Waals surface area contributed by atoms with E-state index in [0.717, 1.165) is 22.2 Å². The summed E-state index contributed by atoms with van der Waals surface area (Å²) in [5, 5.41) is 10.4. The molecule has 0 atom stereocenters. The molecule has 1 heterocycles. The average Bonchev–Trinajstić information content (AvgIpc) is 2.42. The number of nitrogens with zero attached hydrogens (tertiary/aromatic N) is 1. The second kappa shape index (κ2) is 2.85. The number of non-ortho nitro benzene ring substituents is 1. The normalized spacial score (nSPS) is 14.3. The molecule has 1 aliphatic heterocycles. The zero-order chi connectivity index (χ0) is 9.42. The minimum atomic E-state index is -0.451. The number of fused-ring (bicyclic) bond motifs is 1. The van der Waals surface area contributed by atoms with Crippen LogP contribution in [0.25, 0.3) is 0 Å². The zero-order valence-electron chi connectivity index (χ0n) is 6.52. The van der Waals surface area contributed by atoms with Gasteiger partial charge >= 0.3 is 0 Å². The number of carbonyl (C=O) groups excluding carboxylic acids is 1. The van der Waals surface area contributed by atoms with Crippen LogP contribution in [0.2, 0.25) is 0 Å². The zero-order valence-corrected chi connectivity index (χ0v) is 7.34. The van der Waals surface area contributed by atoms with Crippen LogP contribution in [0.4, 0.5) is 5.69 Å². The first kappa shape index (κ1) is 8.25. The molecule has 0 fully saturated rings. The maximum Gasteiger partial charge on any atom is 0.269 e. The van der Waals surface area contributed by atoms with Crippen molar-refractivity contribution in [2.24, 2.45) is 0 Å². The molecule has 0 saturated heterocycles. The molecular weight excluding hydrogens is 190 g/mol. The van der Waals surface area contributed by atoms with Crippen LogP contribution >= 0.6 is 11.8 Å². The standard InChI is InChI=1S/C8H5NO3S/c10-8-4-5-3-6(9(11)12)1-2-7(5)13-8/h1-3H,4H2. The summed E-state index contributed by atoms with van der Waals surface area (Å²) in [5.74, 6) is 0. The number of nitro groups is 1. The topological polar surface area (TPSA) is 60.2 Å². The molecule has 4 nitrogen and oxygen atoms in total. The van der Waals surface area contributed by atoms with Gasteiger partial charge in [-0.25, -0.2) is 0 Å². The molecule has 66 valence electrons. The van der Waals surface area contributed by atoms with Crippen molar-refractivity contribution in [1.29, 1.82) is 0 Å². The Morgan fingerprint density at radius 3 is 2.92 bits per heavy atom. The van der Waals surface area contributed by atoms with Crippen molar-refractivity contribution in [3.05, 3.63) is 33.9 Å². The van der Waals surface area contributed by atoms with Crippen LogP contribution in [0.15, 0.2) is 23.1 Å². The minimum absolute atomic E-state index is 0.0500. The Hall–Kier alpha value is -1.36. The number of rotatable bonds is 1. The van der Waals surface area contributed by atoms with E-state index in [1.54, 1.807) is 6.07 Å². The van der Waals surface area contributed by atoms with E-state index in [1.165, 1.54) is 12.1 Å². The molecule has 0 N–H and O–H groups in total. The molecule has 1 aromatic rings. The summed E-state index contributed by atoms with van der Waals surface area (Å²) in [6.07, 6.45) is 0.307. The minimum Gasteiger partial charge on any atom is -0.286 e. The number of hydrogen-bond acceptors (Lipinski definition) is 4. The third-order valence-corrected chi connectivity index (χ3v) is 2.80. The third-order valence-electron chi connectivity index (χ3n) is 1.81. The summed E-state index contributed by atoms with van der Waals surface area (Å²) in [5.41, 5.74) is 0.818. The maximum atomic E-state index is 11.0. The first-order valence-electron chi connectivity index (χ1n) is 3.65. The van der Waals surface area contributed by atoms with Gasteiger partial charge < -0.3 is 0 Å². The van der Waals surface area contributed by atoms with Crippen LogP contribution in [-0.4, -0.2) is 10.0 Å². The largest absolute Gasteiger partial charge is 0.286 e. The Labute approximate surface area is 78.1 Å². The van der Waals surface area contributed by atoms with E-state index in [0.29, 0.717) is 6.42 Å². The van der Waals surface area contributed by atoms with Crippen molar-refractivity contribution in [2.45, 2.75) is 11.3 Å². The van der Waals surface area contributed by atoms with E-state index >= 15 is 0 Å². The van der Waals surface area contributed by atoms with Crippen LogP contribution in [0.1, 0.15) is 5.56 Å². The van der Waals surface area contributed by atoms with Gasteiger partial charge in [0.25, 0.3) is 5.69 Å². The SMILES string of the molecule is O=C1Cc2cc([N+](=O)[O-])ccc2S1. The van der Waals surface area contributed by atoms with Gasteiger partial charge in [0.15, 0.2) is 5.12 Å². The van der Waals surface area contributed by atoms with Gasteiger partial charge in [-0.1, -0.05) is 11.8 Å². The number of benzene rings is 1. The molecule has 13 heavy (non-hydrogen) atoms. The van der Waals surface area contributed by atoms with Gasteiger partial charge in [0.2, 0.25) is 0 Å². The fourth-order valence-corrected chi connectivity index (χ4v) is 2.10. The van der Waals surface area contributed by atoms with Crippen molar-refractivity contribution in [2.75, 3.05) is 0 Å². The summed E-state index contributed by atoms with van der Waals surface area (Å²) in [6, 6.07) is 4.51. The second-order valence-corrected chi connectivity index (χ2v) is 3.80. The molecule has 0 radical (unpaired) electrons. The predicted octanol–water partition coefficient (Wildman–Crippen LogP) is 1.77. The molecule has 0 bridgehead atoms. The van der Waals surface area contributed by atoms with E-state index in [-0.39, 0.29) is 10.8 Å². The quantitative estimate of drug-likeness (QED) is 0.506. The highest BCUT2D eigenvalue weighted by molar-refractivity contribution is 8.14. The molecule has 0 aromatic heterocycles. The first-order valence-corrected chi connectivity index (χ1v) is 4.46. The van der Waals surface area contributed by atoms with Gasteiger partial charge in [0.1, 0.15) is 0 Å². The monoisotopic (exact) mass is 195 g/mol. The van der Waals surface area contributed by atoms with Gasteiger partial charge in [-0.15, -0.1) is 0 Å². The van der Waals surface area contributed by atoms with E-state index in [9.17, 15) is 14.9 Å². The van der Waals surface area contributed by atoms with Gasteiger partial charge in [-0.05, 0) is 11.6 Å². The summed E-state index contributed by atoms with van der Waals surface area (Å²) >= 11 is 1.15. The average molecular weight is 195 g/mol. The Balaban J connectivity index is 2.45. The van der Waals surface area contributed by atoms with Crippen LogP contribution in [0, 0.1) is 10.1 Å². The molecule has 5 heteroatoms. The maximum absolute atomic E-state index is 11.0. The van der Waals surface area contributed by atoms with Crippen molar-refractivity contribution >= 4 is 22.6 Å². The lowest BCUT2D eigenvalue weighted by Gasteiger charge is -1.95. The van der Waals surface area contributed by atoms with Crippen molar-refractivity contribution in [3.63, 3.8) is 0 Å². The number of carbonyl (C=O) groups is 1. The predicted molar refractivity (Wildman–Crippen MR) is 47.7 cm³/mol. The molecule has 1 aromatic carbocycles. The first-order chi connectivity index (χ1) is 6.16. The van der Waals surface area contributed by atoms with E-state index in [4.69, 9.17) is 0 Å². The lowest BCUT2D eigenvalue weighted by atomic mass is 10.1. The molecule has 1 aliphatic rings. The molecule has 0 aliphatic carbocycles. The third kappa shape index (κ3) is 1.42. The van der Waals surface area contributed by atoms with Crippen molar-refractivity contribution in [3.8, 4) is 0 Å². The van der Waals surface area contributed by atoms with Gasteiger partial charge in [-0.2, -0.15) is 0 Å². The smallest absolute Gasteiger partial charge is 0.269 e. The molecule has 0 unspecified atom stereocenters. The van der Waals surface area contributed by atoms with E-state index in [1.807, 2.05) is 0 Å². The highest BCUT2D eigenvalue weighted by Gasteiger charge is 2.21. The molecular formula is C8H5NO3S. The van der Waals surface area contributed by atoms with E-state index in [2.05, 4.69) is 0 Å². The van der Waals surface area contributed by atoms with Crippen LogP contribution < -0.4 is 0 Å². The lowest BCUT2D eigenvalue weighted by molar-refractivity contribution is -0.385. The van der Waals surface area contributed by atoms with Crippen LogP contribution in [0.3, 0.4) is 0 Å². The molecule has 2 rings (SSSR count). The molecule has 0 saturated carbocycles. The van der Waals surface area contributed by atoms with Crippen LogP contribution in [-0.2, 0) is 11.2 Å². The van der Waals surface area contributed by atoms with Gasteiger partial charge in [0.05, 0.1) is 4.92 Å². The number of hydrogen-bond donors (Lipinski definition) is 0. The number of thioether (sulfide) groups is 1. The Bertz CT molecular complexity index is 402. The van der Waals surface area contributed by atoms with Crippen LogP contribution in [0.5, 0.6) is 0 Å². The van der Waals surface area contributed by atoms with Crippen molar-refractivity contribution in [1.82, 2.24) is 0 Å². The number of nitro benzene ring substituents is 1. The summed E-state index contributed by atoms with van der Waals surface area (Å²) in [6.45, 7) is 0. The lowest BCUT2D eigenvalue weighted by Crippen LogP contribution is -1.90. The summed E-state index contributed by atoms with van der Waals surface area (Å²) in [4.78, 5) is 21.8. The van der Waals surface area contributed by atoms with Gasteiger partial charge in [-0.3, -0.25) is 14.9 Å². The second-order valence-electron chi connectivity index (χ2n) is 2.70. The fraction of sp³-hybridized carbons (Fsp3) is 0.125. The summed E-state index contributed by atoms with van der Waals surface area (Å²) < 4.78 is 0. The molecule has 0 amide bonds. The van der Waals surface area contributed by atoms with Gasteiger partial charge in [0, 0.05) is 23.4 Å². The highest BCUT2D eigenvalue weighted by atomic mass is 32.2. The fourth-order valence-electron chi connectivity index (χ4n) is 1.23.